The van der Waals surface area contributed by atoms with Gasteiger partial charge in [-0.2, -0.15) is 4.98 Å². The van der Waals surface area contributed by atoms with E-state index in [1.165, 1.54) is 12.3 Å². The molecule has 0 atom stereocenters. The zero-order valence-corrected chi connectivity index (χ0v) is 8.21. The quantitative estimate of drug-likeness (QED) is 0.546. The van der Waals surface area contributed by atoms with E-state index in [9.17, 15) is 14.4 Å². The molecule has 0 aliphatic heterocycles. The zero-order chi connectivity index (χ0) is 12.1. The lowest BCUT2D eigenvalue weighted by Crippen LogP contribution is -2.35. The summed E-state index contributed by atoms with van der Waals surface area (Å²) in [6, 6.07) is 1.37. The van der Waals surface area contributed by atoms with Gasteiger partial charge >= 0.3 is 11.7 Å². The van der Waals surface area contributed by atoms with Gasteiger partial charge in [-0.1, -0.05) is 0 Å². The number of carboxylic acids is 1. The number of amides is 1. The lowest BCUT2D eigenvalue weighted by molar-refractivity contribution is -0.138. The van der Waals surface area contributed by atoms with Crippen LogP contribution < -0.4 is 16.7 Å². The number of aliphatic carboxylic acids is 1. The summed E-state index contributed by atoms with van der Waals surface area (Å²) in [5, 5.41) is 10.4. The molecule has 0 aliphatic carbocycles. The lowest BCUT2D eigenvalue weighted by Gasteiger charge is -2.04. The summed E-state index contributed by atoms with van der Waals surface area (Å²) in [6.45, 7) is -0.782. The number of nitrogen functional groups attached to an aromatic ring is 1. The standard InChI is InChI=1S/C8H10N4O4/c9-5-1-2-12(8(16)11-5)4-6(13)10-3-7(14)15/h1-2H,3-4H2,(H,10,13)(H,14,15)(H2,9,11,16). The maximum Gasteiger partial charge on any atom is 0.349 e. The summed E-state index contributed by atoms with van der Waals surface area (Å²) >= 11 is 0. The SMILES string of the molecule is Nc1ccn(CC(=O)NCC(=O)O)c(=O)n1. The van der Waals surface area contributed by atoms with Crippen LogP contribution in [0.25, 0.3) is 0 Å². The smallest absolute Gasteiger partial charge is 0.349 e. The normalized spacial score (nSPS) is 9.75. The van der Waals surface area contributed by atoms with Gasteiger partial charge < -0.3 is 16.2 Å². The number of nitrogens with two attached hydrogens (primary N) is 1. The molecule has 1 aromatic rings. The second kappa shape index (κ2) is 4.91. The highest BCUT2D eigenvalue weighted by Gasteiger charge is 2.06. The lowest BCUT2D eigenvalue weighted by atomic mass is 10.5. The van der Waals surface area contributed by atoms with E-state index in [-0.39, 0.29) is 12.4 Å². The second-order valence-corrected chi connectivity index (χ2v) is 2.93. The Morgan fingerprint density at radius 1 is 1.56 bits per heavy atom. The number of nitrogens with zero attached hydrogens (tertiary/aromatic N) is 2. The highest BCUT2D eigenvalue weighted by molar-refractivity contribution is 5.80. The van der Waals surface area contributed by atoms with Gasteiger partial charge in [-0.25, -0.2) is 4.79 Å². The van der Waals surface area contributed by atoms with Crippen molar-refractivity contribution in [2.24, 2.45) is 0 Å². The first kappa shape index (κ1) is 11.7. The number of carboxylic acid groups (broad SMARTS) is 1. The van der Waals surface area contributed by atoms with Crippen molar-refractivity contribution in [2.75, 3.05) is 12.3 Å². The van der Waals surface area contributed by atoms with E-state index in [4.69, 9.17) is 10.8 Å². The number of hydrogen-bond donors (Lipinski definition) is 3. The summed E-state index contributed by atoms with van der Waals surface area (Å²) < 4.78 is 1.02. The van der Waals surface area contributed by atoms with Crippen LogP contribution in [0.3, 0.4) is 0 Å². The van der Waals surface area contributed by atoms with E-state index < -0.39 is 24.1 Å². The van der Waals surface area contributed by atoms with Crippen molar-refractivity contribution in [3.05, 3.63) is 22.7 Å². The first-order valence-corrected chi connectivity index (χ1v) is 4.30. The number of hydrogen-bond acceptors (Lipinski definition) is 5. The van der Waals surface area contributed by atoms with Gasteiger partial charge in [0.15, 0.2) is 0 Å². The van der Waals surface area contributed by atoms with Crippen LogP contribution in [0.2, 0.25) is 0 Å². The van der Waals surface area contributed by atoms with Crippen LogP contribution in [0.15, 0.2) is 17.1 Å². The third-order valence-electron chi connectivity index (χ3n) is 1.65. The Labute approximate surface area is 89.7 Å². The van der Waals surface area contributed by atoms with Crippen molar-refractivity contribution in [1.82, 2.24) is 14.9 Å². The molecule has 0 aromatic carbocycles. The largest absolute Gasteiger partial charge is 0.480 e. The molecule has 0 saturated heterocycles. The second-order valence-electron chi connectivity index (χ2n) is 2.93. The molecule has 0 spiro atoms. The molecule has 0 unspecified atom stereocenters. The van der Waals surface area contributed by atoms with Crippen LogP contribution >= 0.6 is 0 Å². The van der Waals surface area contributed by atoms with Crippen molar-refractivity contribution < 1.29 is 14.7 Å². The van der Waals surface area contributed by atoms with Crippen molar-refractivity contribution in [3.8, 4) is 0 Å². The Balaban J connectivity index is 2.63. The summed E-state index contributed by atoms with van der Waals surface area (Å²) in [5.41, 5.74) is 4.59. The van der Waals surface area contributed by atoms with E-state index in [1.54, 1.807) is 0 Å². The fourth-order valence-electron chi connectivity index (χ4n) is 0.947. The van der Waals surface area contributed by atoms with Crippen molar-refractivity contribution >= 4 is 17.7 Å². The highest BCUT2D eigenvalue weighted by Crippen LogP contribution is 1.89. The van der Waals surface area contributed by atoms with Crippen LogP contribution in [-0.4, -0.2) is 33.1 Å². The van der Waals surface area contributed by atoms with E-state index in [0.717, 1.165) is 4.57 Å². The molecule has 16 heavy (non-hydrogen) atoms. The Morgan fingerprint density at radius 2 is 2.25 bits per heavy atom. The summed E-state index contributed by atoms with van der Waals surface area (Å²) in [5.74, 6) is -1.68. The van der Waals surface area contributed by atoms with Gasteiger partial charge in [0.1, 0.15) is 18.9 Å². The van der Waals surface area contributed by atoms with Gasteiger partial charge in [-0.05, 0) is 6.07 Å². The zero-order valence-electron chi connectivity index (χ0n) is 8.21. The molecule has 0 bridgehead atoms. The molecule has 1 amide bonds. The molecule has 1 aromatic heterocycles. The predicted molar refractivity (Wildman–Crippen MR) is 53.6 cm³/mol. The molecular formula is C8H10N4O4. The molecule has 0 saturated carbocycles. The van der Waals surface area contributed by atoms with Crippen LogP contribution in [0.5, 0.6) is 0 Å². The number of carbonyl (C=O) groups excluding carboxylic acids is 1. The van der Waals surface area contributed by atoms with Crippen LogP contribution in [0.4, 0.5) is 5.82 Å². The predicted octanol–water partition coefficient (Wildman–Crippen LogP) is -1.97. The molecule has 0 radical (unpaired) electrons. The van der Waals surface area contributed by atoms with Crippen LogP contribution in [-0.2, 0) is 16.1 Å². The van der Waals surface area contributed by atoms with Crippen molar-refractivity contribution in [2.45, 2.75) is 6.54 Å². The minimum absolute atomic E-state index is 0.0622. The molecular weight excluding hydrogens is 216 g/mol. The molecule has 86 valence electrons. The van der Waals surface area contributed by atoms with Gasteiger partial charge in [-0.15, -0.1) is 0 Å². The van der Waals surface area contributed by atoms with E-state index in [2.05, 4.69) is 10.3 Å². The number of anilines is 1. The third-order valence-corrected chi connectivity index (χ3v) is 1.65. The Hall–Kier alpha value is -2.38. The summed E-state index contributed by atoms with van der Waals surface area (Å²) in [7, 11) is 0. The van der Waals surface area contributed by atoms with Gasteiger partial charge in [0, 0.05) is 6.20 Å². The average Bonchev–Trinajstić information content (AvgIpc) is 2.19. The maximum absolute atomic E-state index is 11.2. The molecule has 1 rings (SSSR count). The van der Waals surface area contributed by atoms with Gasteiger partial charge in [0.25, 0.3) is 0 Å². The van der Waals surface area contributed by atoms with Crippen molar-refractivity contribution in [1.29, 1.82) is 0 Å². The number of aromatic nitrogens is 2. The molecule has 8 heteroatoms. The van der Waals surface area contributed by atoms with Gasteiger partial charge in [0.2, 0.25) is 5.91 Å². The first-order valence-electron chi connectivity index (χ1n) is 4.30. The monoisotopic (exact) mass is 226 g/mol. The van der Waals surface area contributed by atoms with E-state index in [1.807, 2.05) is 0 Å². The topological polar surface area (TPSA) is 127 Å². The number of carbonyl (C=O) groups is 2. The fraction of sp³-hybridized carbons (Fsp3) is 0.250. The maximum atomic E-state index is 11.2. The summed E-state index contributed by atoms with van der Waals surface area (Å²) in [6.07, 6.45) is 1.31. The molecule has 4 N–H and O–H groups in total. The number of nitrogens with one attached hydrogen (secondary N) is 1. The first-order chi connectivity index (χ1) is 7.49. The number of rotatable bonds is 4. The Bertz CT molecular complexity index is 467. The minimum atomic E-state index is -1.16. The van der Waals surface area contributed by atoms with Gasteiger partial charge in [0.05, 0.1) is 0 Å². The fourth-order valence-corrected chi connectivity index (χ4v) is 0.947. The molecule has 0 fully saturated rings. The Kier molecular flexibility index (Phi) is 3.59. The van der Waals surface area contributed by atoms with Gasteiger partial charge in [-0.3, -0.25) is 14.2 Å². The highest BCUT2D eigenvalue weighted by atomic mass is 16.4. The molecule has 8 nitrogen and oxygen atoms in total. The van der Waals surface area contributed by atoms with Crippen LogP contribution in [0.1, 0.15) is 0 Å². The average molecular weight is 226 g/mol. The Morgan fingerprint density at radius 3 is 2.81 bits per heavy atom. The van der Waals surface area contributed by atoms with E-state index in [0.29, 0.717) is 0 Å². The summed E-state index contributed by atoms with van der Waals surface area (Å²) in [4.78, 5) is 35.9. The minimum Gasteiger partial charge on any atom is -0.480 e. The molecule has 1 heterocycles. The third kappa shape index (κ3) is 3.40. The molecule has 0 aliphatic rings. The van der Waals surface area contributed by atoms with E-state index >= 15 is 0 Å². The van der Waals surface area contributed by atoms with Crippen LogP contribution in [0, 0.1) is 0 Å². The van der Waals surface area contributed by atoms with Crippen molar-refractivity contribution in [3.63, 3.8) is 0 Å².